The second-order valence-corrected chi connectivity index (χ2v) is 12.5. The SMILES string of the molecule is [CH2]c1c(-c2cc(Nc3ccc(N4CCN(C)CC4)cn3)c(=O)n(C)c2)cc(F)cc1N1CCc2c(sc3ccccc23)C1=O. The summed E-state index contributed by atoms with van der Waals surface area (Å²) in [4.78, 5) is 38.3. The van der Waals surface area contributed by atoms with Crippen LogP contribution in [0.15, 0.2) is 71.8 Å². The number of rotatable bonds is 5. The molecule has 1 radical (unpaired) electrons. The Labute approximate surface area is 259 Å². The highest BCUT2D eigenvalue weighted by atomic mass is 32.1. The molecule has 5 heterocycles. The maximum Gasteiger partial charge on any atom is 0.274 e. The van der Waals surface area contributed by atoms with Crippen LogP contribution in [0.5, 0.6) is 0 Å². The lowest BCUT2D eigenvalue weighted by atomic mass is 9.97. The number of carbonyl (C=O) groups is 1. The Morgan fingerprint density at radius 1 is 0.977 bits per heavy atom. The topological polar surface area (TPSA) is 73.7 Å². The maximum absolute atomic E-state index is 15.2. The predicted octanol–water partition coefficient (Wildman–Crippen LogP) is 5.68. The van der Waals surface area contributed by atoms with Crippen LogP contribution in [0.25, 0.3) is 21.2 Å². The van der Waals surface area contributed by atoms with E-state index in [0.717, 1.165) is 47.5 Å². The predicted molar refractivity (Wildman–Crippen MR) is 176 cm³/mol. The Hall–Kier alpha value is -4.54. The standard InChI is InChI=1S/C34H32FN6O2S/c1-21-27(17-23(35)18-29(21)41-11-10-26-25-6-4-5-7-30(25)44-32(26)34(41)43)22-16-28(33(42)39(3)20-22)37-31-9-8-24(19-36-31)40-14-12-38(2)13-15-40/h4-9,16-20H,1,10-15H2,2-3H3,(H,36,37). The number of fused-ring (bicyclic) bond motifs is 3. The van der Waals surface area contributed by atoms with Gasteiger partial charge in [0.2, 0.25) is 0 Å². The molecule has 0 atom stereocenters. The van der Waals surface area contributed by atoms with Gasteiger partial charge in [-0.15, -0.1) is 11.3 Å². The van der Waals surface area contributed by atoms with Gasteiger partial charge in [0.1, 0.15) is 17.3 Å². The lowest BCUT2D eigenvalue weighted by Gasteiger charge is -2.33. The number of likely N-dealkylation sites (N-methyl/N-ethyl adjacent to an activating group) is 1. The molecule has 8 nitrogen and oxygen atoms in total. The van der Waals surface area contributed by atoms with Crippen LogP contribution in [0.1, 0.15) is 20.8 Å². The lowest BCUT2D eigenvalue weighted by molar-refractivity contribution is 0.0985. The monoisotopic (exact) mass is 607 g/mol. The zero-order valence-electron chi connectivity index (χ0n) is 24.6. The number of aromatic nitrogens is 2. The smallest absolute Gasteiger partial charge is 0.274 e. The molecule has 44 heavy (non-hydrogen) atoms. The van der Waals surface area contributed by atoms with Gasteiger partial charge < -0.3 is 24.6 Å². The Morgan fingerprint density at radius 3 is 2.55 bits per heavy atom. The first-order valence-electron chi connectivity index (χ1n) is 14.6. The van der Waals surface area contributed by atoms with Crippen molar-refractivity contribution >= 4 is 50.2 Å². The van der Waals surface area contributed by atoms with Crippen LogP contribution in [0.2, 0.25) is 0 Å². The largest absolute Gasteiger partial charge is 0.368 e. The number of hydrogen-bond donors (Lipinski definition) is 1. The third-order valence-electron chi connectivity index (χ3n) is 8.58. The Bertz CT molecular complexity index is 1960. The van der Waals surface area contributed by atoms with Crippen molar-refractivity contribution in [3.63, 3.8) is 0 Å². The molecule has 3 aromatic heterocycles. The summed E-state index contributed by atoms with van der Waals surface area (Å²) in [6, 6.07) is 16.3. The first-order chi connectivity index (χ1) is 21.3. The zero-order chi connectivity index (χ0) is 30.5. The van der Waals surface area contributed by atoms with Gasteiger partial charge in [-0.05, 0) is 78.9 Å². The van der Waals surface area contributed by atoms with Crippen molar-refractivity contribution in [1.82, 2.24) is 14.5 Å². The van der Waals surface area contributed by atoms with Crippen molar-refractivity contribution in [2.75, 3.05) is 54.9 Å². The van der Waals surface area contributed by atoms with Crippen LogP contribution < -0.4 is 20.7 Å². The van der Waals surface area contributed by atoms with Crippen LogP contribution >= 0.6 is 11.3 Å². The average Bonchev–Trinajstić information content (AvgIpc) is 3.41. The third kappa shape index (κ3) is 5.03. The fraction of sp³-hybridized carbons (Fsp3) is 0.235. The van der Waals surface area contributed by atoms with E-state index in [9.17, 15) is 9.59 Å². The second kappa shape index (κ2) is 11.2. The lowest BCUT2D eigenvalue weighted by Crippen LogP contribution is -2.44. The van der Waals surface area contributed by atoms with E-state index in [1.54, 1.807) is 24.2 Å². The summed E-state index contributed by atoms with van der Waals surface area (Å²) in [6.45, 7) is 8.57. The number of anilines is 4. The van der Waals surface area contributed by atoms with Crippen LogP contribution in [0, 0.1) is 12.7 Å². The number of piperazine rings is 1. The van der Waals surface area contributed by atoms with Gasteiger partial charge in [-0.2, -0.15) is 0 Å². The van der Waals surface area contributed by atoms with E-state index in [2.05, 4.69) is 34.1 Å². The zero-order valence-corrected chi connectivity index (χ0v) is 25.5. The van der Waals surface area contributed by atoms with Crippen molar-refractivity contribution in [2.24, 2.45) is 7.05 Å². The molecule has 5 aromatic rings. The number of carbonyl (C=O) groups excluding carboxylic acids is 1. The Morgan fingerprint density at radius 2 is 1.77 bits per heavy atom. The summed E-state index contributed by atoms with van der Waals surface area (Å²) in [5.74, 6) is -0.102. The molecule has 223 valence electrons. The van der Waals surface area contributed by atoms with Gasteiger partial charge in [0, 0.05) is 56.2 Å². The molecular formula is C34H32FN6O2S. The minimum Gasteiger partial charge on any atom is -0.368 e. The van der Waals surface area contributed by atoms with Crippen molar-refractivity contribution in [1.29, 1.82) is 0 Å². The van der Waals surface area contributed by atoms with E-state index >= 15 is 4.39 Å². The highest BCUT2D eigenvalue weighted by Gasteiger charge is 2.31. The molecule has 1 fully saturated rings. The maximum atomic E-state index is 15.2. The normalized spacial score (nSPS) is 15.6. The van der Waals surface area contributed by atoms with Gasteiger partial charge >= 0.3 is 0 Å². The summed E-state index contributed by atoms with van der Waals surface area (Å²) in [5.41, 5.74) is 4.19. The van der Waals surface area contributed by atoms with Crippen LogP contribution in [-0.2, 0) is 13.5 Å². The van der Waals surface area contributed by atoms with Crippen LogP contribution in [0.3, 0.4) is 0 Å². The third-order valence-corrected chi connectivity index (χ3v) is 9.78. The van der Waals surface area contributed by atoms with E-state index < -0.39 is 5.82 Å². The van der Waals surface area contributed by atoms with Crippen molar-refractivity contribution in [3.05, 3.63) is 106 Å². The molecule has 2 aromatic carbocycles. The van der Waals surface area contributed by atoms with E-state index in [-0.39, 0.29) is 11.5 Å². The molecule has 0 spiro atoms. The molecule has 0 aliphatic carbocycles. The Balaban J connectivity index is 1.19. The summed E-state index contributed by atoms with van der Waals surface area (Å²) < 4.78 is 17.7. The first-order valence-corrected chi connectivity index (χ1v) is 15.4. The van der Waals surface area contributed by atoms with Crippen LogP contribution in [-0.4, -0.2) is 60.1 Å². The van der Waals surface area contributed by atoms with E-state index in [4.69, 9.17) is 0 Å². The number of aryl methyl sites for hydroxylation is 1. The van der Waals surface area contributed by atoms with Crippen LogP contribution in [0.4, 0.5) is 27.3 Å². The number of nitrogens with zero attached hydrogens (tertiary/aromatic N) is 5. The summed E-state index contributed by atoms with van der Waals surface area (Å²) in [7, 11) is 3.77. The molecule has 2 aliphatic heterocycles. The fourth-order valence-electron chi connectivity index (χ4n) is 6.12. The molecule has 1 N–H and O–H groups in total. The van der Waals surface area contributed by atoms with Gasteiger partial charge in [0.25, 0.3) is 11.5 Å². The average molecular weight is 608 g/mol. The molecule has 0 saturated carbocycles. The molecule has 2 aliphatic rings. The molecular weight excluding hydrogens is 575 g/mol. The van der Waals surface area contributed by atoms with Gasteiger partial charge in [-0.1, -0.05) is 18.2 Å². The van der Waals surface area contributed by atoms with E-state index in [1.165, 1.54) is 28.0 Å². The highest BCUT2D eigenvalue weighted by molar-refractivity contribution is 7.21. The number of nitrogens with one attached hydrogen (secondary N) is 1. The van der Waals surface area contributed by atoms with Crippen molar-refractivity contribution in [3.8, 4) is 11.1 Å². The van der Waals surface area contributed by atoms with Gasteiger partial charge in [0.05, 0.1) is 22.4 Å². The van der Waals surface area contributed by atoms with Gasteiger partial charge in [-0.25, -0.2) is 9.37 Å². The fourth-order valence-corrected chi connectivity index (χ4v) is 7.32. The van der Waals surface area contributed by atoms with E-state index in [1.807, 2.05) is 42.6 Å². The number of pyridine rings is 2. The van der Waals surface area contributed by atoms with Crippen molar-refractivity contribution in [2.45, 2.75) is 6.42 Å². The molecule has 7 rings (SSSR count). The number of halogens is 1. The summed E-state index contributed by atoms with van der Waals surface area (Å²) >= 11 is 1.47. The molecule has 10 heteroatoms. The number of amides is 1. The summed E-state index contributed by atoms with van der Waals surface area (Å²) in [5, 5.41) is 4.26. The molecule has 0 bridgehead atoms. The molecule has 1 amide bonds. The summed E-state index contributed by atoms with van der Waals surface area (Å²) in [6.07, 6.45) is 4.14. The number of hydrogen-bond acceptors (Lipinski definition) is 7. The van der Waals surface area contributed by atoms with Gasteiger partial charge in [0.15, 0.2) is 0 Å². The highest BCUT2D eigenvalue weighted by Crippen LogP contribution is 2.39. The Kier molecular flexibility index (Phi) is 7.18. The van der Waals surface area contributed by atoms with E-state index in [0.29, 0.717) is 51.7 Å². The minimum atomic E-state index is -0.484. The number of benzene rings is 2. The van der Waals surface area contributed by atoms with Crippen molar-refractivity contribution < 1.29 is 9.18 Å². The number of thiophene rings is 1. The minimum absolute atomic E-state index is 0.150. The second-order valence-electron chi connectivity index (χ2n) is 11.4. The molecule has 0 unspecified atom stereocenters. The van der Waals surface area contributed by atoms with Gasteiger partial charge in [-0.3, -0.25) is 9.59 Å². The molecule has 1 saturated heterocycles. The quantitative estimate of drug-likeness (QED) is 0.277. The first kappa shape index (κ1) is 28.2.